The van der Waals surface area contributed by atoms with Crippen LogP contribution in [0.5, 0.6) is 5.88 Å². The molecule has 0 aromatic carbocycles. The molecule has 1 heterocycles. The molecule has 1 aromatic rings. The molecular formula is C15H28N4O. The lowest BCUT2D eigenvalue weighted by Crippen LogP contribution is -2.31. The second-order valence-electron chi connectivity index (χ2n) is 5.80. The first-order valence-corrected chi connectivity index (χ1v) is 7.39. The van der Waals surface area contributed by atoms with Gasteiger partial charge in [-0.05, 0) is 39.7 Å². The number of nitrogens with zero attached hydrogens (tertiary/aromatic N) is 3. The summed E-state index contributed by atoms with van der Waals surface area (Å²) in [6, 6.07) is 1.87. The summed E-state index contributed by atoms with van der Waals surface area (Å²) in [6.07, 6.45) is 1.05. The van der Waals surface area contributed by atoms with Crippen molar-refractivity contribution in [3.8, 4) is 5.88 Å². The Labute approximate surface area is 122 Å². The van der Waals surface area contributed by atoms with Crippen LogP contribution in [0.15, 0.2) is 6.07 Å². The zero-order valence-corrected chi connectivity index (χ0v) is 13.4. The number of nitrogens with two attached hydrogens (primary N) is 1. The molecule has 0 amide bonds. The van der Waals surface area contributed by atoms with Gasteiger partial charge in [-0.3, -0.25) is 0 Å². The maximum atomic E-state index is 5.69. The van der Waals surface area contributed by atoms with Crippen LogP contribution in [0.3, 0.4) is 0 Å². The summed E-state index contributed by atoms with van der Waals surface area (Å²) >= 11 is 0. The Balaban J connectivity index is 2.95. The molecule has 0 aliphatic carbocycles. The largest absolute Gasteiger partial charge is 0.475 e. The van der Waals surface area contributed by atoms with Crippen LogP contribution in [0.25, 0.3) is 0 Å². The number of ether oxygens (including phenoxy) is 1. The van der Waals surface area contributed by atoms with E-state index in [2.05, 4.69) is 28.7 Å². The van der Waals surface area contributed by atoms with Gasteiger partial charge in [0.25, 0.3) is 0 Å². The lowest BCUT2D eigenvalue weighted by atomic mass is 10.2. The van der Waals surface area contributed by atoms with Gasteiger partial charge in [-0.2, -0.15) is 4.98 Å². The fourth-order valence-corrected chi connectivity index (χ4v) is 1.96. The van der Waals surface area contributed by atoms with Crippen LogP contribution in [-0.2, 0) is 0 Å². The standard InChI is InChI=1S/C15H28N4O/c1-11(2)10-19(8-6-7-16)15-17-13(5)9-14(18-15)20-12(3)4/h9,11-12H,6-8,10,16H2,1-5H3. The Morgan fingerprint density at radius 1 is 1.25 bits per heavy atom. The van der Waals surface area contributed by atoms with Crippen molar-refractivity contribution in [3.05, 3.63) is 11.8 Å². The fourth-order valence-electron chi connectivity index (χ4n) is 1.96. The van der Waals surface area contributed by atoms with E-state index in [9.17, 15) is 0 Å². The second kappa shape index (κ2) is 8.04. The number of anilines is 1. The Kier molecular flexibility index (Phi) is 6.71. The molecule has 1 rings (SSSR count). The van der Waals surface area contributed by atoms with Crippen LogP contribution in [0.1, 0.15) is 39.8 Å². The average Bonchev–Trinajstić information content (AvgIpc) is 2.32. The first-order chi connectivity index (χ1) is 9.42. The second-order valence-corrected chi connectivity index (χ2v) is 5.80. The number of aromatic nitrogens is 2. The molecule has 20 heavy (non-hydrogen) atoms. The lowest BCUT2D eigenvalue weighted by molar-refractivity contribution is 0.232. The molecular weight excluding hydrogens is 252 g/mol. The molecule has 0 unspecified atom stereocenters. The molecule has 0 saturated carbocycles. The average molecular weight is 280 g/mol. The monoisotopic (exact) mass is 280 g/mol. The number of aryl methyl sites for hydroxylation is 1. The first kappa shape index (κ1) is 16.7. The SMILES string of the molecule is Cc1cc(OC(C)C)nc(N(CCCN)CC(C)C)n1. The van der Waals surface area contributed by atoms with Gasteiger partial charge < -0.3 is 15.4 Å². The smallest absolute Gasteiger partial charge is 0.228 e. The van der Waals surface area contributed by atoms with Gasteiger partial charge in [0.1, 0.15) is 0 Å². The van der Waals surface area contributed by atoms with Crippen LogP contribution < -0.4 is 15.4 Å². The molecule has 0 fully saturated rings. The zero-order chi connectivity index (χ0) is 15.1. The van der Waals surface area contributed by atoms with Gasteiger partial charge in [-0.25, -0.2) is 4.98 Å². The van der Waals surface area contributed by atoms with E-state index >= 15 is 0 Å². The fraction of sp³-hybridized carbons (Fsp3) is 0.733. The van der Waals surface area contributed by atoms with Crippen molar-refractivity contribution in [2.24, 2.45) is 11.7 Å². The van der Waals surface area contributed by atoms with Crippen molar-refractivity contribution in [1.82, 2.24) is 9.97 Å². The van der Waals surface area contributed by atoms with Crippen LogP contribution in [0, 0.1) is 12.8 Å². The Morgan fingerprint density at radius 3 is 2.50 bits per heavy atom. The molecule has 5 heteroatoms. The molecule has 0 atom stereocenters. The highest BCUT2D eigenvalue weighted by molar-refractivity contribution is 5.34. The van der Waals surface area contributed by atoms with Crippen molar-refractivity contribution in [3.63, 3.8) is 0 Å². The van der Waals surface area contributed by atoms with E-state index < -0.39 is 0 Å². The maximum absolute atomic E-state index is 5.69. The van der Waals surface area contributed by atoms with Crippen LogP contribution in [0.4, 0.5) is 5.95 Å². The third-order valence-electron chi connectivity index (χ3n) is 2.68. The van der Waals surface area contributed by atoms with Gasteiger partial charge in [0.05, 0.1) is 6.10 Å². The van der Waals surface area contributed by atoms with E-state index in [0.29, 0.717) is 18.3 Å². The van der Waals surface area contributed by atoms with E-state index in [1.54, 1.807) is 0 Å². The number of hydrogen-bond donors (Lipinski definition) is 1. The van der Waals surface area contributed by atoms with E-state index in [1.807, 2.05) is 26.8 Å². The van der Waals surface area contributed by atoms with Crippen molar-refractivity contribution < 1.29 is 4.74 Å². The minimum Gasteiger partial charge on any atom is -0.475 e. The minimum atomic E-state index is 0.111. The van der Waals surface area contributed by atoms with Gasteiger partial charge in [-0.15, -0.1) is 0 Å². The number of hydrogen-bond acceptors (Lipinski definition) is 5. The minimum absolute atomic E-state index is 0.111. The summed E-state index contributed by atoms with van der Waals surface area (Å²) in [4.78, 5) is 11.3. The van der Waals surface area contributed by atoms with E-state index in [4.69, 9.17) is 10.5 Å². The highest BCUT2D eigenvalue weighted by atomic mass is 16.5. The third-order valence-corrected chi connectivity index (χ3v) is 2.68. The first-order valence-electron chi connectivity index (χ1n) is 7.39. The van der Waals surface area contributed by atoms with Crippen molar-refractivity contribution in [2.75, 3.05) is 24.5 Å². The van der Waals surface area contributed by atoms with E-state index in [0.717, 1.165) is 31.2 Å². The molecule has 0 radical (unpaired) electrons. The van der Waals surface area contributed by atoms with Gasteiger partial charge >= 0.3 is 0 Å². The van der Waals surface area contributed by atoms with Gasteiger partial charge in [-0.1, -0.05) is 13.8 Å². The Morgan fingerprint density at radius 2 is 1.95 bits per heavy atom. The summed E-state index contributed by atoms with van der Waals surface area (Å²) in [6.45, 7) is 12.8. The number of rotatable bonds is 8. The predicted octanol–water partition coefficient (Wildman–Crippen LogP) is 2.38. The summed E-state index contributed by atoms with van der Waals surface area (Å²) in [5.41, 5.74) is 6.54. The Bertz CT molecular complexity index is 407. The zero-order valence-electron chi connectivity index (χ0n) is 13.4. The Hall–Kier alpha value is -1.36. The van der Waals surface area contributed by atoms with Crippen molar-refractivity contribution in [2.45, 2.75) is 47.1 Å². The van der Waals surface area contributed by atoms with Gasteiger partial charge in [0, 0.05) is 24.8 Å². The topological polar surface area (TPSA) is 64.3 Å². The van der Waals surface area contributed by atoms with Crippen LogP contribution in [0.2, 0.25) is 0 Å². The molecule has 0 saturated heterocycles. The molecule has 114 valence electrons. The summed E-state index contributed by atoms with van der Waals surface area (Å²) in [7, 11) is 0. The van der Waals surface area contributed by atoms with Crippen LogP contribution >= 0.6 is 0 Å². The lowest BCUT2D eigenvalue weighted by Gasteiger charge is -2.25. The van der Waals surface area contributed by atoms with Crippen molar-refractivity contribution in [1.29, 1.82) is 0 Å². The summed E-state index contributed by atoms with van der Waals surface area (Å²) in [5.74, 6) is 1.93. The summed E-state index contributed by atoms with van der Waals surface area (Å²) < 4.78 is 5.69. The molecule has 5 nitrogen and oxygen atoms in total. The van der Waals surface area contributed by atoms with Gasteiger partial charge in [0.2, 0.25) is 11.8 Å². The third kappa shape index (κ3) is 5.74. The molecule has 0 aliphatic heterocycles. The molecule has 0 aliphatic rings. The highest BCUT2D eigenvalue weighted by Crippen LogP contribution is 2.18. The predicted molar refractivity (Wildman–Crippen MR) is 83.3 cm³/mol. The molecule has 1 aromatic heterocycles. The van der Waals surface area contributed by atoms with Crippen LogP contribution in [-0.4, -0.2) is 35.7 Å². The highest BCUT2D eigenvalue weighted by Gasteiger charge is 2.13. The molecule has 0 spiro atoms. The summed E-state index contributed by atoms with van der Waals surface area (Å²) in [5, 5.41) is 0. The quantitative estimate of drug-likeness (QED) is 0.792. The normalized spacial score (nSPS) is 11.2. The van der Waals surface area contributed by atoms with E-state index in [-0.39, 0.29) is 6.10 Å². The van der Waals surface area contributed by atoms with E-state index in [1.165, 1.54) is 0 Å². The van der Waals surface area contributed by atoms with Gasteiger partial charge in [0.15, 0.2) is 0 Å². The molecule has 2 N–H and O–H groups in total. The van der Waals surface area contributed by atoms with Crippen molar-refractivity contribution >= 4 is 5.95 Å². The molecule has 0 bridgehead atoms. The maximum Gasteiger partial charge on any atom is 0.228 e.